The van der Waals surface area contributed by atoms with Gasteiger partial charge < -0.3 is 5.73 Å². The smallest absolute Gasteiger partial charge is 0.0332 e. The zero-order chi connectivity index (χ0) is 15.7. The minimum atomic E-state index is 0.193. The molecule has 1 aromatic rings. The SMILES string of the molecule is CN(Cc1cc(Br)cs1)C1(CN)CCC(C(C)(C)C)CC1. The molecule has 4 heteroatoms. The van der Waals surface area contributed by atoms with Crippen LogP contribution >= 0.6 is 27.3 Å². The van der Waals surface area contributed by atoms with Crippen LogP contribution in [-0.4, -0.2) is 24.0 Å². The van der Waals surface area contributed by atoms with Crippen LogP contribution < -0.4 is 5.73 Å². The minimum absolute atomic E-state index is 0.193. The van der Waals surface area contributed by atoms with Crippen molar-refractivity contribution in [1.29, 1.82) is 0 Å². The minimum Gasteiger partial charge on any atom is -0.329 e. The van der Waals surface area contributed by atoms with Gasteiger partial charge in [-0.15, -0.1) is 11.3 Å². The molecule has 120 valence electrons. The first kappa shape index (κ1) is 17.5. The molecule has 2 nitrogen and oxygen atoms in total. The highest BCUT2D eigenvalue weighted by Gasteiger charge is 2.40. The lowest BCUT2D eigenvalue weighted by molar-refractivity contribution is 0.0340. The molecule has 1 saturated carbocycles. The molecule has 0 bridgehead atoms. The van der Waals surface area contributed by atoms with Gasteiger partial charge in [0.15, 0.2) is 0 Å². The summed E-state index contributed by atoms with van der Waals surface area (Å²) < 4.78 is 1.19. The van der Waals surface area contributed by atoms with Gasteiger partial charge in [-0.05, 0) is 66.1 Å². The molecule has 21 heavy (non-hydrogen) atoms. The van der Waals surface area contributed by atoms with Gasteiger partial charge in [-0.1, -0.05) is 20.8 Å². The molecule has 1 aliphatic rings. The van der Waals surface area contributed by atoms with E-state index in [1.807, 2.05) is 11.3 Å². The van der Waals surface area contributed by atoms with Crippen molar-refractivity contribution < 1.29 is 0 Å². The van der Waals surface area contributed by atoms with Gasteiger partial charge in [0.25, 0.3) is 0 Å². The molecule has 0 atom stereocenters. The van der Waals surface area contributed by atoms with Crippen LogP contribution in [-0.2, 0) is 6.54 Å². The Bertz CT molecular complexity index is 456. The van der Waals surface area contributed by atoms with Crippen LogP contribution in [0.5, 0.6) is 0 Å². The lowest BCUT2D eigenvalue weighted by Gasteiger charge is -2.48. The van der Waals surface area contributed by atoms with E-state index in [0.29, 0.717) is 5.41 Å². The summed E-state index contributed by atoms with van der Waals surface area (Å²) in [7, 11) is 2.25. The van der Waals surface area contributed by atoms with Gasteiger partial charge in [0, 0.05) is 33.4 Å². The zero-order valence-corrected chi connectivity index (χ0v) is 16.2. The lowest BCUT2D eigenvalue weighted by atomic mass is 9.67. The van der Waals surface area contributed by atoms with Gasteiger partial charge in [-0.2, -0.15) is 0 Å². The molecule has 2 N–H and O–H groups in total. The number of nitrogens with zero attached hydrogens (tertiary/aromatic N) is 1. The highest BCUT2D eigenvalue weighted by molar-refractivity contribution is 9.10. The number of halogens is 1. The molecule has 1 fully saturated rings. The van der Waals surface area contributed by atoms with Crippen LogP contribution in [0.4, 0.5) is 0 Å². The van der Waals surface area contributed by atoms with E-state index < -0.39 is 0 Å². The largest absolute Gasteiger partial charge is 0.329 e. The quantitative estimate of drug-likeness (QED) is 0.815. The van der Waals surface area contributed by atoms with E-state index in [2.05, 4.69) is 60.1 Å². The van der Waals surface area contributed by atoms with Crippen LogP contribution in [0.15, 0.2) is 15.9 Å². The number of likely N-dealkylation sites (N-methyl/N-ethyl adjacent to an activating group) is 1. The third-order valence-electron chi connectivity index (χ3n) is 5.35. The number of hydrogen-bond acceptors (Lipinski definition) is 3. The second kappa shape index (κ2) is 6.69. The maximum absolute atomic E-state index is 6.20. The Morgan fingerprint density at radius 2 is 2.00 bits per heavy atom. The summed E-state index contributed by atoms with van der Waals surface area (Å²) in [4.78, 5) is 3.92. The summed E-state index contributed by atoms with van der Waals surface area (Å²) in [6.45, 7) is 8.90. The van der Waals surface area contributed by atoms with Crippen LogP contribution in [0, 0.1) is 11.3 Å². The first-order chi connectivity index (χ1) is 9.77. The van der Waals surface area contributed by atoms with Crippen molar-refractivity contribution in [2.45, 2.75) is 58.5 Å². The highest BCUT2D eigenvalue weighted by atomic mass is 79.9. The fraction of sp³-hybridized carbons (Fsp3) is 0.765. The van der Waals surface area contributed by atoms with E-state index in [1.165, 1.54) is 35.0 Å². The number of thiophene rings is 1. The molecular formula is C17H29BrN2S. The normalized spacial score (nSPS) is 27.3. The molecule has 1 aromatic heterocycles. The highest BCUT2D eigenvalue weighted by Crippen LogP contribution is 2.43. The summed E-state index contributed by atoms with van der Waals surface area (Å²) in [5.41, 5.74) is 6.83. The Morgan fingerprint density at radius 1 is 1.38 bits per heavy atom. The molecule has 1 aliphatic carbocycles. The van der Waals surface area contributed by atoms with Gasteiger partial charge >= 0.3 is 0 Å². The van der Waals surface area contributed by atoms with Crippen LogP contribution in [0.25, 0.3) is 0 Å². The van der Waals surface area contributed by atoms with E-state index in [9.17, 15) is 0 Å². The molecule has 0 saturated heterocycles. The van der Waals surface area contributed by atoms with E-state index in [4.69, 9.17) is 5.73 Å². The maximum Gasteiger partial charge on any atom is 0.0332 e. The first-order valence-corrected chi connectivity index (χ1v) is 9.58. The number of rotatable bonds is 4. The zero-order valence-electron chi connectivity index (χ0n) is 13.8. The summed E-state index contributed by atoms with van der Waals surface area (Å²) in [5, 5.41) is 2.16. The van der Waals surface area contributed by atoms with Crippen LogP contribution in [0.3, 0.4) is 0 Å². The van der Waals surface area contributed by atoms with Crippen molar-refractivity contribution in [2.24, 2.45) is 17.1 Å². The lowest BCUT2D eigenvalue weighted by Crippen LogP contribution is -2.54. The number of nitrogens with two attached hydrogens (primary N) is 1. The second-order valence-corrected chi connectivity index (χ2v) is 9.57. The molecule has 0 unspecified atom stereocenters. The van der Waals surface area contributed by atoms with Crippen LogP contribution in [0.1, 0.15) is 51.3 Å². The Labute approximate surface area is 142 Å². The Hall–Kier alpha value is 0.1000. The van der Waals surface area contributed by atoms with Gasteiger partial charge in [0.2, 0.25) is 0 Å². The van der Waals surface area contributed by atoms with Gasteiger partial charge in [-0.25, -0.2) is 0 Å². The Kier molecular flexibility index (Phi) is 5.56. The molecule has 1 heterocycles. The second-order valence-electron chi connectivity index (χ2n) is 7.66. The monoisotopic (exact) mass is 372 g/mol. The first-order valence-electron chi connectivity index (χ1n) is 7.91. The average Bonchev–Trinajstić information content (AvgIpc) is 2.83. The topological polar surface area (TPSA) is 29.3 Å². The third kappa shape index (κ3) is 4.10. The van der Waals surface area contributed by atoms with Gasteiger partial charge in [0.1, 0.15) is 0 Å². The molecule has 0 radical (unpaired) electrons. The van der Waals surface area contributed by atoms with Crippen LogP contribution in [0.2, 0.25) is 0 Å². The van der Waals surface area contributed by atoms with E-state index in [1.54, 1.807) is 0 Å². The van der Waals surface area contributed by atoms with Gasteiger partial charge in [-0.3, -0.25) is 4.90 Å². The third-order valence-corrected chi connectivity index (χ3v) is 7.03. The predicted octanol–water partition coefficient (Wildman–Crippen LogP) is 4.88. The van der Waals surface area contributed by atoms with Crippen molar-refractivity contribution in [3.8, 4) is 0 Å². The molecular weight excluding hydrogens is 344 g/mol. The molecule has 0 aromatic carbocycles. The van der Waals surface area contributed by atoms with E-state index in [0.717, 1.165) is 19.0 Å². The summed E-state index contributed by atoms with van der Waals surface area (Å²) in [6, 6.07) is 2.23. The summed E-state index contributed by atoms with van der Waals surface area (Å²) in [6.07, 6.45) is 5.07. The van der Waals surface area contributed by atoms with Gasteiger partial charge in [0.05, 0.1) is 0 Å². The number of hydrogen-bond donors (Lipinski definition) is 1. The fourth-order valence-electron chi connectivity index (χ4n) is 3.60. The summed E-state index contributed by atoms with van der Waals surface area (Å²) >= 11 is 5.37. The van der Waals surface area contributed by atoms with Crippen molar-refractivity contribution in [1.82, 2.24) is 4.90 Å². The maximum atomic E-state index is 6.20. The summed E-state index contributed by atoms with van der Waals surface area (Å²) in [5.74, 6) is 0.835. The van der Waals surface area contributed by atoms with Crippen molar-refractivity contribution in [3.05, 3.63) is 20.8 Å². The van der Waals surface area contributed by atoms with E-state index in [-0.39, 0.29) is 5.54 Å². The standard InChI is InChI=1S/C17H29BrN2S/c1-16(2,3)13-5-7-17(12-19,8-6-13)20(4)10-15-9-14(18)11-21-15/h9,11,13H,5-8,10,12,19H2,1-4H3. The molecule has 2 rings (SSSR count). The molecule has 0 aliphatic heterocycles. The Balaban J connectivity index is 2.02. The fourth-order valence-corrected chi connectivity index (χ4v) is 5.10. The van der Waals surface area contributed by atoms with E-state index >= 15 is 0 Å². The van der Waals surface area contributed by atoms with Crippen molar-refractivity contribution >= 4 is 27.3 Å². The molecule has 0 amide bonds. The average molecular weight is 373 g/mol. The van der Waals surface area contributed by atoms with Crippen molar-refractivity contribution in [2.75, 3.05) is 13.6 Å². The Morgan fingerprint density at radius 3 is 2.43 bits per heavy atom. The van der Waals surface area contributed by atoms with Crippen molar-refractivity contribution in [3.63, 3.8) is 0 Å². The molecule has 0 spiro atoms. The predicted molar refractivity (Wildman–Crippen MR) is 96.7 cm³/mol.